The molecule has 10 nitrogen and oxygen atoms in total. The SMILES string of the molecule is CC1(C)NC(=O)N(CC(CS(=O)(=O)c2ccc(Oc3ccc(F)cc3)cc2)N(O)C=O)C1=O. The number of hydroxylamine groups is 2. The van der Waals surface area contributed by atoms with Crippen molar-refractivity contribution < 1.29 is 37.1 Å². The Kier molecular flexibility index (Phi) is 6.70. The summed E-state index contributed by atoms with van der Waals surface area (Å²) in [6.45, 7) is 2.43. The van der Waals surface area contributed by atoms with Crippen molar-refractivity contribution in [2.45, 2.75) is 30.3 Å². The molecule has 0 radical (unpaired) electrons. The van der Waals surface area contributed by atoms with E-state index < -0.39 is 51.5 Å². The summed E-state index contributed by atoms with van der Waals surface area (Å²) in [5.74, 6) is -1.14. The lowest BCUT2D eigenvalue weighted by Gasteiger charge is -2.26. The summed E-state index contributed by atoms with van der Waals surface area (Å²) in [6.07, 6.45) is 0.00339. The van der Waals surface area contributed by atoms with Crippen LogP contribution in [-0.2, 0) is 19.4 Å². The molecule has 2 N–H and O–H groups in total. The molecule has 1 aliphatic rings. The normalized spacial score (nSPS) is 16.3. The maximum Gasteiger partial charge on any atom is 0.325 e. The Bertz CT molecular complexity index is 1150. The standard InChI is InChI=1S/C21H22FN3O7S/c1-21(2)19(27)24(20(28)23-21)11-15(25(29)13-26)12-33(30,31)18-9-7-17(8-10-18)32-16-5-3-14(22)4-6-16/h3-10,13,15,29H,11-12H2,1-2H3,(H,23,28). The first-order chi connectivity index (χ1) is 15.4. The molecule has 2 aromatic rings. The minimum Gasteiger partial charge on any atom is -0.457 e. The number of carbonyl (C=O) groups is 3. The van der Waals surface area contributed by atoms with Gasteiger partial charge in [-0.2, -0.15) is 0 Å². The highest BCUT2D eigenvalue weighted by atomic mass is 32.2. The summed E-state index contributed by atoms with van der Waals surface area (Å²) >= 11 is 0. The molecule has 3 rings (SSSR count). The molecule has 0 aliphatic carbocycles. The summed E-state index contributed by atoms with van der Waals surface area (Å²) in [6, 6.07) is 8.43. The van der Waals surface area contributed by atoms with Gasteiger partial charge in [-0.1, -0.05) is 0 Å². The molecule has 0 saturated carbocycles. The van der Waals surface area contributed by atoms with E-state index in [1.54, 1.807) is 0 Å². The van der Waals surface area contributed by atoms with Crippen molar-refractivity contribution >= 4 is 28.2 Å². The van der Waals surface area contributed by atoms with E-state index in [4.69, 9.17) is 4.74 Å². The van der Waals surface area contributed by atoms with Crippen LogP contribution in [0.1, 0.15) is 13.8 Å². The van der Waals surface area contributed by atoms with Crippen LogP contribution in [0.5, 0.6) is 11.5 Å². The zero-order valence-electron chi connectivity index (χ0n) is 17.8. The van der Waals surface area contributed by atoms with E-state index in [9.17, 15) is 32.4 Å². The first-order valence-corrected chi connectivity index (χ1v) is 11.4. The molecule has 176 valence electrons. The van der Waals surface area contributed by atoms with Gasteiger partial charge in [0, 0.05) is 0 Å². The highest BCUT2D eigenvalue weighted by Crippen LogP contribution is 2.24. The zero-order chi connectivity index (χ0) is 24.4. The second-order valence-electron chi connectivity index (χ2n) is 7.92. The molecule has 1 aliphatic heterocycles. The third kappa shape index (κ3) is 5.46. The molecule has 12 heteroatoms. The average molecular weight is 479 g/mol. The third-order valence-corrected chi connectivity index (χ3v) is 6.78. The molecule has 4 amide bonds. The van der Waals surface area contributed by atoms with Crippen LogP contribution in [0.2, 0.25) is 0 Å². The predicted octanol–water partition coefficient (Wildman–Crippen LogP) is 1.94. The molecule has 0 aromatic heterocycles. The maximum atomic E-state index is 13.0. The van der Waals surface area contributed by atoms with Gasteiger partial charge in [-0.3, -0.25) is 19.7 Å². The second kappa shape index (κ2) is 9.16. The Morgan fingerprint density at radius 2 is 1.67 bits per heavy atom. The van der Waals surface area contributed by atoms with Gasteiger partial charge < -0.3 is 10.1 Å². The number of nitrogens with one attached hydrogen (secondary N) is 1. The van der Waals surface area contributed by atoms with E-state index in [-0.39, 0.29) is 16.4 Å². The van der Waals surface area contributed by atoms with Crippen LogP contribution in [0.25, 0.3) is 0 Å². The van der Waals surface area contributed by atoms with Gasteiger partial charge >= 0.3 is 6.03 Å². The number of rotatable bonds is 9. The van der Waals surface area contributed by atoms with Crippen molar-refractivity contribution in [2.24, 2.45) is 0 Å². The number of hydrogen-bond donors (Lipinski definition) is 2. The molecule has 1 heterocycles. The fourth-order valence-corrected chi connectivity index (χ4v) is 4.70. The van der Waals surface area contributed by atoms with Crippen molar-refractivity contribution in [1.29, 1.82) is 0 Å². The topological polar surface area (TPSA) is 133 Å². The van der Waals surface area contributed by atoms with Crippen molar-refractivity contribution in [3.63, 3.8) is 0 Å². The van der Waals surface area contributed by atoms with Crippen LogP contribution in [0.4, 0.5) is 9.18 Å². The number of hydrogen-bond acceptors (Lipinski definition) is 7. The van der Waals surface area contributed by atoms with E-state index in [0.29, 0.717) is 11.5 Å². The van der Waals surface area contributed by atoms with Gasteiger partial charge in [-0.25, -0.2) is 22.7 Å². The van der Waals surface area contributed by atoms with Crippen LogP contribution in [-0.4, -0.2) is 65.8 Å². The number of nitrogens with zero attached hydrogens (tertiary/aromatic N) is 2. The number of carbonyl (C=O) groups excluding carboxylic acids is 3. The van der Waals surface area contributed by atoms with Crippen molar-refractivity contribution in [1.82, 2.24) is 15.3 Å². The molecule has 0 spiro atoms. The van der Waals surface area contributed by atoms with Crippen molar-refractivity contribution in [3.8, 4) is 11.5 Å². The Morgan fingerprint density at radius 1 is 1.12 bits per heavy atom. The largest absolute Gasteiger partial charge is 0.457 e. The van der Waals surface area contributed by atoms with E-state index in [0.717, 1.165) is 4.90 Å². The van der Waals surface area contributed by atoms with Crippen molar-refractivity contribution in [3.05, 3.63) is 54.3 Å². The fourth-order valence-electron chi connectivity index (χ4n) is 3.20. The lowest BCUT2D eigenvalue weighted by Crippen LogP contribution is -2.48. The van der Waals surface area contributed by atoms with Crippen LogP contribution in [0.15, 0.2) is 53.4 Å². The van der Waals surface area contributed by atoms with Crippen LogP contribution >= 0.6 is 0 Å². The van der Waals surface area contributed by atoms with Gasteiger partial charge in [-0.05, 0) is 62.4 Å². The van der Waals surface area contributed by atoms with E-state index >= 15 is 0 Å². The van der Waals surface area contributed by atoms with E-state index in [1.165, 1.54) is 62.4 Å². The predicted molar refractivity (Wildman–Crippen MR) is 113 cm³/mol. The lowest BCUT2D eigenvalue weighted by molar-refractivity contribution is -0.160. The minimum atomic E-state index is -4.05. The van der Waals surface area contributed by atoms with Gasteiger partial charge in [0.05, 0.1) is 23.2 Å². The van der Waals surface area contributed by atoms with E-state index in [1.807, 2.05) is 0 Å². The summed E-state index contributed by atoms with van der Waals surface area (Å²) in [4.78, 5) is 36.2. The number of urea groups is 1. The molecular formula is C21H22FN3O7S. The van der Waals surface area contributed by atoms with Crippen LogP contribution in [0.3, 0.4) is 0 Å². The molecule has 33 heavy (non-hydrogen) atoms. The molecule has 1 unspecified atom stereocenters. The highest BCUT2D eigenvalue weighted by molar-refractivity contribution is 7.91. The first kappa shape index (κ1) is 24.1. The number of benzene rings is 2. The number of imide groups is 1. The zero-order valence-corrected chi connectivity index (χ0v) is 18.6. The molecule has 1 atom stereocenters. The number of ether oxygens (including phenoxy) is 1. The number of halogens is 1. The van der Waals surface area contributed by atoms with Gasteiger partial charge in [-0.15, -0.1) is 0 Å². The molecule has 2 aromatic carbocycles. The molecule has 1 fully saturated rings. The van der Waals surface area contributed by atoms with Crippen molar-refractivity contribution in [2.75, 3.05) is 12.3 Å². The van der Waals surface area contributed by atoms with Gasteiger partial charge in [0.15, 0.2) is 9.84 Å². The Balaban J connectivity index is 1.75. The van der Waals surface area contributed by atoms with Gasteiger partial charge in [0.2, 0.25) is 6.41 Å². The summed E-state index contributed by atoms with van der Waals surface area (Å²) < 4.78 is 44.3. The molecular weight excluding hydrogens is 457 g/mol. The smallest absolute Gasteiger partial charge is 0.325 e. The highest BCUT2D eigenvalue weighted by Gasteiger charge is 2.45. The van der Waals surface area contributed by atoms with Crippen LogP contribution < -0.4 is 10.1 Å². The summed E-state index contributed by atoms with van der Waals surface area (Å²) in [5, 5.41) is 12.5. The monoisotopic (exact) mass is 479 g/mol. The minimum absolute atomic E-state index is 0.00339. The van der Waals surface area contributed by atoms with Gasteiger partial charge in [0.25, 0.3) is 5.91 Å². The fraction of sp³-hybridized carbons (Fsp3) is 0.286. The average Bonchev–Trinajstić information content (AvgIpc) is 2.96. The number of amides is 4. The quantitative estimate of drug-likeness (QED) is 0.243. The molecule has 0 bridgehead atoms. The van der Waals surface area contributed by atoms with Crippen LogP contribution in [0, 0.1) is 5.82 Å². The van der Waals surface area contributed by atoms with Gasteiger partial charge in [0.1, 0.15) is 22.9 Å². The first-order valence-electron chi connectivity index (χ1n) is 9.76. The molecule has 1 saturated heterocycles. The maximum absolute atomic E-state index is 13.0. The third-order valence-electron chi connectivity index (χ3n) is 4.96. The summed E-state index contributed by atoms with van der Waals surface area (Å²) in [7, 11) is -4.05. The Hall–Kier alpha value is -3.51. The van der Waals surface area contributed by atoms with E-state index in [2.05, 4.69) is 5.32 Å². The lowest BCUT2D eigenvalue weighted by atomic mass is 10.1. The summed E-state index contributed by atoms with van der Waals surface area (Å²) in [5.41, 5.74) is -1.19. The second-order valence-corrected chi connectivity index (χ2v) is 9.95. The Morgan fingerprint density at radius 3 is 2.15 bits per heavy atom. The number of sulfone groups is 1. The Labute approximate surface area is 189 Å².